The number of aromatic nitrogens is 1. The van der Waals surface area contributed by atoms with Gasteiger partial charge in [0.25, 0.3) is 10.0 Å². The van der Waals surface area contributed by atoms with E-state index in [1.54, 1.807) is 19.2 Å². The fourth-order valence-corrected chi connectivity index (χ4v) is 3.38. The van der Waals surface area contributed by atoms with Gasteiger partial charge in [-0.3, -0.25) is 0 Å². The predicted molar refractivity (Wildman–Crippen MR) is 101 cm³/mol. The zero-order valence-corrected chi connectivity index (χ0v) is 16.3. The summed E-state index contributed by atoms with van der Waals surface area (Å²) in [6, 6.07) is 8.16. The lowest BCUT2D eigenvalue weighted by molar-refractivity contribution is 0.186. The molecule has 7 nitrogen and oxygen atoms in total. The summed E-state index contributed by atoms with van der Waals surface area (Å²) < 4.78 is 37.1. The molecular formula is C18H25N3O4S. The quantitative estimate of drug-likeness (QED) is 0.536. The number of benzene rings is 1. The van der Waals surface area contributed by atoms with Crippen molar-refractivity contribution in [1.82, 2.24) is 9.40 Å². The fraction of sp³-hybridized carbons (Fsp3) is 0.389. The number of hydrazone groups is 1. The molecule has 0 atom stereocenters. The SMILES string of the molecule is CCOc1ccc(S(=O)(=O)N/N=C\c2cc(C)n(CCOC)c2C)cc1. The van der Waals surface area contributed by atoms with Crippen LogP contribution in [0.2, 0.25) is 0 Å². The number of hydrogen-bond donors (Lipinski definition) is 1. The number of sulfonamides is 1. The van der Waals surface area contributed by atoms with Crippen LogP contribution in [0, 0.1) is 13.8 Å². The molecule has 0 fully saturated rings. The van der Waals surface area contributed by atoms with E-state index < -0.39 is 10.0 Å². The first-order chi connectivity index (χ1) is 12.4. The third-order valence-electron chi connectivity index (χ3n) is 3.95. The second-order valence-corrected chi connectivity index (χ2v) is 7.39. The van der Waals surface area contributed by atoms with Crippen molar-refractivity contribution >= 4 is 16.2 Å². The highest BCUT2D eigenvalue weighted by atomic mass is 32.2. The molecular weight excluding hydrogens is 354 g/mol. The van der Waals surface area contributed by atoms with Gasteiger partial charge in [0.05, 0.1) is 24.3 Å². The van der Waals surface area contributed by atoms with Crippen LogP contribution >= 0.6 is 0 Å². The maximum Gasteiger partial charge on any atom is 0.276 e. The van der Waals surface area contributed by atoms with Crippen molar-refractivity contribution in [2.45, 2.75) is 32.2 Å². The number of aryl methyl sites for hydroxylation is 1. The molecule has 0 amide bonds. The summed E-state index contributed by atoms with van der Waals surface area (Å²) >= 11 is 0. The smallest absolute Gasteiger partial charge is 0.276 e. The minimum atomic E-state index is -3.72. The highest BCUT2D eigenvalue weighted by molar-refractivity contribution is 7.89. The maximum absolute atomic E-state index is 12.3. The Kier molecular flexibility index (Phi) is 6.82. The van der Waals surface area contributed by atoms with Crippen LogP contribution in [0.15, 0.2) is 40.3 Å². The Labute approximate surface area is 154 Å². The van der Waals surface area contributed by atoms with Gasteiger partial charge >= 0.3 is 0 Å². The van der Waals surface area contributed by atoms with E-state index in [1.165, 1.54) is 18.3 Å². The lowest BCUT2D eigenvalue weighted by Gasteiger charge is -2.08. The highest BCUT2D eigenvalue weighted by Gasteiger charge is 2.13. The third kappa shape index (κ3) is 4.86. The summed E-state index contributed by atoms with van der Waals surface area (Å²) in [6.45, 7) is 7.69. The first-order valence-electron chi connectivity index (χ1n) is 8.32. The van der Waals surface area contributed by atoms with Gasteiger partial charge in [0, 0.05) is 30.6 Å². The lowest BCUT2D eigenvalue weighted by atomic mass is 10.3. The average Bonchev–Trinajstić information content (AvgIpc) is 2.87. The monoisotopic (exact) mass is 379 g/mol. The second-order valence-electron chi connectivity index (χ2n) is 5.73. The summed E-state index contributed by atoms with van der Waals surface area (Å²) in [6.07, 6.45) is 1.51. The molecule has 0 spiro atoms. The molecule has 0 aliphatic heterocycles. The third-order valence-corrected chi connectivity index (χ3v) is 5.19. The largest absolute Gasteiger partial charge is 0.494 e. The second kappa shape index (κ2) is 8.86. The first-order valence-corrected chi connectivity index (χ1v) is 9.80. The van der Waals surface area contributed by atoms with Gasteiger partial charge in [-0.1, -0.05) is 0 Å². The van der Waals surface area contributed by atoms with Crippen LogP contribution in [0.5, 0.6) is 5.75 Å². The van der Waals surface area contributed by atoms with Crippen molar-refractivity contribution in [2.75, 3.05) is 20.3 Å². The van der Waals surface area contributed by atoms with Crippen LogP contribution in [0.4, 0.5) is 0 Å². The normalized spacial score (nSPS) is 11.8. The Morgan fingerprint density at radius 2 is 1.92 bits per heavy atom. The van der Waals surface area contributed by atoms with Crippen molar-refractivity contribution in [3.05, 3.63) is 47.3 Å². The molecule has 1 heterocycles. The molecule has 0 saturated heterocycles. The van der Waals surface area contributed by atoms with Crippen LogP contribution < -0.4 is 9.57 Å². The Morgan fingerprint density at radius 1 is 1.23 bits per heavy atom. The summed E-state index contributed by atoms with van der Waals surface area (Å²) in [4.78, 5) is 2.37. The Morgan fingerprint density at radius 3 is 2.54 bits per heavy atom. The van der Waals surface area contributed by atoms with Crippen LogP contribution in [0.1, 0.15) is 23.9 Å². The Hall–Kier alpha value is -2.32. The molecule has 2 aromatic rings. The van der Waals surface area contributed by atoms with Crippen molar-refractivity contribution in [3.8, 4) is 5.75 Å². The molecule has 1 aromatic heterocycles. The number of nitrogens with zero attached hydrogens (tertiary/aromatic N) is 2. The molecule has 0 radical (unpaired) electrons. The van der Waals surface area contributed by atoms with Gasteiger partial charge in [-0.05, 0) is 51.1 Å². The highest BCUT2D eigenvalue weighted by Crippen LogP contribution is 2.16. The van der Waals surface area contributed by atoms with Gasteiger partial charge < -0.3 is 14.0 Å². The van der Waals surface area contributed by atoms with Crippen molar-refractivity contribution in [3.63, 3.8) is 0 Å². The van der Waals surface area contributed by atoms with Gasteiger partial charge in [-0.15, -0.1) is 0 Å². The lowest BCUT2D eigenvalue weighted by Crippen LogP contribution is -2.18. The Bertz CT molecular complexity index is 855. The van der Waals surface area contributed by atoms with Crippen LogP contribution in [-0.4, -0.2) is 39.5 Å². The number of rotatable bonds is 9. The topological polar surface area (TPSA) is 81.9 Å². The minimum Gasteiger partial charge on any atom is -0.494 e. The summed E-state index contributed by atoms with van der Waals surface area (Å²) in [5.74, 6) is 0.624. The summed E-state index contributed by atoms with van der Waals surface area (Å²) in [7, 11) is -2.06. The molecule has 26 heavy (non-hydrogen) atoms. The van der Waals surface area contributed by atoms with E-state index in [9.17, 15) is 8.42 Å². The maximum atomic E-state index is 12.3. The van der Waals surface area contributed by atoms with Gasteiger partial charge in [-0.25, -0.2) is 4.83 Å². The number of hydrogen-bond acceptors (Lipinski definition) is 5. The molecule has 0 saturated carbocycles. The standard InChI is InChI=1S/C18H25N3O4S/c1-5-25-17-6-8-18(9-7-17)26(22,23)20-19-13-16-12-14(2)21(15(16)3)10-11-24-4/h6-9,12-13,20H,5,10-11H2,1-4H3/b19-13-. The van der Waals surface area contributed by atoms with Crippen LogP contribution in [-0.2, 0) is 21.3 Å². The van der Waals surface area contributed by atoms with E-state index in [-0.39, 0.29) is 4.90 Å². The van der Waals surface area contributed by atoms with Gasteiger partial charge in [0.2, 0.25) is 0 Å². The molecule has 0 unspecified atom stereocenters. The van der Waals surface area contributed by atoms with Gasteiger partial charge in [-0.2, -0.15) is 13.5 Å². The van der Waals surface area contributed by atoms with E-state index in [2.05, 4.69) is 14.5 Å². The summed E-state index contributed by atoms with van der Waals surface area (Å²) in [5.41, 5.74) is 2.92. The first kappa shape index (κ1) is 20.0. The average molecular weight is 379 g/mol. The van der Waals surface area contributed by atoms with E-state index in [0.29, 0.717) is 19.0 Å². The van der Waals surface area contributed by atoms with Crippen molar-refractivity contribution in [1.29, 1.82) is 0 Å². The molecule has 2 rings (SSSR count). The van der Waals surface area contributed by atoms with Gasteiger partial charge in [0.1, 0.15) is 5.75 Å². The number of nitrogens with one attached hydrogen (secondary N) is 1. The molecule has 1 aromatic carbocycles. The number of ether oxygens (including phenoxy) is 2. The Balaban J connectivity index is 2.09. The summed E-state index contributed by atoms with van der Waals surface area (Å²) in [5, 5.41) is 3.91. The minimum absolute atomic E-state index is 0.128. The molecule has 8 heteroatoms. The van der Waals surface area contributed by atoms with Crippen molar-refractivity contribution < 1.29 is 17.9 Å². The molecule has 1 N–H and O–H groups in total. The zero-order valence-electron chi connectivity index (χ0n) is 15.5. The molecule has 0 aliphatic carbocycles. The van der Waals surface area contributed by atoms with E-state index in [0.717, 1.165) is 23.5 Å². The van der Waals surface area contributed by atoms with E-state index in [1.807, 2.05) is 26.8 Å². The van der Waals surface area contributed by atoms with Crippen LogP contribution in [0.25, 0.3) is 0 Å². The van der Waals surface area contributed by atoms with E-state index >= 15 is 0 Å². The van der Waals surface area contributed by atoms with Gasteiger partial charge in [0.15, 0.2) is 0 Å². The molecule has 0 bridgehead atoms. The number of methoxy groups -OCH3 is 1. The van der Waals surface area contributed by atoms with Crippen LogP contribution in [0.3, 0.4) is 0 Å². The molecule has 142 valence electrons. The fourth-order valence-electron chi connectivity index (χ4n) is 2.58. The predicted octanol–water partition coefficient (Wildman–Crippen LogP) is 2.46. The van der Waals surface area contributed by atoms with E-state index in [4.69, 9.17) is 9.47 Å². The zero-order chi connectivity index (χ0) is 19.2. The molecule has 0 aliphatic rings. The van der Waals surface area contributed by atoms with Crippen molar-refractivity contribution in [2.24, 2.45) is 5.10 Å².